The lowest BCUT2D eigenvalue weighted by molar-refractivity contribution is -0.301. The first-order chi connectivity index (χ1) is 38.6. The van der Waals surface area contributed by atoms with Crippen molar-refractivity contribution in [2.75, 3.05) is 13.2 Å². The van der Waals surface area contributed by atoms with Gasteiger partial charge >= 0.3 is 23.9 Å². The van der Waals surface area contributed by atoms with Gasteiger partial charge in [-0.25, -0.2) is 4.79 Å². The fourth-order valence-electron chi connectivity index (χ4n) is 8.45. The fourth-order valence-corrected chi connectivity index (χ4v) is 8.45. The molecule has 0 spiro atoms. The maximum atomic E-state index is 13.2. The molecule has 1 aliphatic heterocycles. The van der Waals surface area contributed by atoms with Gasteiger partial charge in [0.1, 0.15) is 18.8 Å². The van der Waals surface area contributed by atoms with E-state index >= 15 is 0 Å². The minimum Gasteiger partial charge on any atom is -0.479 e. The van der Waals surface area contributed by atoms with Crippen molar-refractivity contribution in [1.82, 2.24) is 0 Å². The van der Waals surface area contributed by atoms with Crippen molar-refractivity contribution in [2.45, 2.75) is 263 Å². The summed E-state index contributed by atoms with van der Waals surface area (Å²) in [6.45, 7) is 5.61. The molecular formula is C67H106O12. The van der Waals surface area contributed by atoms with Gasteiger partial charge in [-0.15, -0.1) is 0 Å². The van der Waals surface area contributed by atoms with Crippen LogP contribution in [0.4, 0.5) is 0 Å². The average Bonchev–Trinajstić information content (AvgIpc) is 3.44. The second kappa shape index (κ2) is 53.7. The van der Waals surface area contributed by atoms with Crippen molar-refractivity contribution in [2.24, 2.45) is 0 Å². The number of rotatable bonds is 50. The molecule has 1 saturated heterocycles. The zero-order valence-electron chi connectivity index (χ0n) is 49.1. The second-order valence-electron chi connectivity index (χ2n) is 20.2. The first-order valence-corrected chi connectivity index (χ1v) is 30.5. The van der Waals surface area contributed by atoms with E-state index in [9.17, 15) is 34.5 Å². The van der Waals surface area contributed by atoms with Gasteiger partial charge in [-0.1, -0.05) is 206 Å². The topological polar surface area (TPSA) is 175 Å². The zero-order chi connectivity index (χ0) is 57.5. The predicted octanol–water partition coefficient (Wildman–Crippen LogP) is 16.0. The van der Waals surface area contributed by atoms with E-state index in [0.717, 1.165) is 167 Å². The van der Waals surface area contributed by atoms with Crippen LogP contribution in [0, 0.1) is 0 Å². The third kappa shape index (κ3) is 43.6. The standard InChI is InChI=1S/C67H106O12/c1-4-7-10-13-16-19-22-25-27-29-30-32-33-36-38-41-44-47-50-53-59(68)75-56-58(77-60(69)54-51-48-45-42-40-37-34-31-28-26-23-20-17-14-11-8-5-2)57-76-67-65(63(72)62(71)64(79-67)66(73)74)78-61(70)55-52-49-46-43-39-35-24-21-18-15-12-9-6-3/h7-12,16-21,25-28,30,32,35,39,58,62-65,67,71-72H,4-6,13-15,22-24,29,31,33-34,36-38,40-57H2,1-3H3,(H,73,74)/b10-7-,11-8-,12-9-,19-16-,20-17-,21-18-,27-25-,28-26-,32-30-,39-35-. The van der Waals surface area contributed by atoms with Gasteiger partial charge in [-0.2, -0.15) is 0 Å². The van der Waals surface area contributed by atoms with Crippen LogP contribution in [0.15, 0.2) is 122 Å². The van der Waals surface area contributed by atoms with Gasteiger partial charge in [-0.05, 0) is 122 Å². The van der Waals surface area contributed by atoms with Crippen molar-refractivity contribution in [3.63, 3.8) is 0 Å². The number of allylic oxidation sites excluding steroid dienone is 20. The van der Waals surface area contributed by atoms with Gasteiger partial charge in [0, 0.05) is 19.3 Å². The molecule has 12 nitrogen and oxygen atoms in total. The molecule has 6 atom stereocenters. The molecule has 1 aliphatic rings. The summed E-state index contributed by atoms with van der Waals surface area (Å²) in [5.41, 5.74) is 0. The van der Waals surface area contributed by atoms with Crippen LogP contribution in [-0.2, 0) is 42.9 Å². The van der Waals surface area contributed by atoms with Gasteiger partial charge in [0.05, 0.1) is 6.61 Å². The average molecular weight is 1100 g/mol. The summed E-state index contributed by atoms with van der Waals surface area (Å²) >= 11 is 0. The second-order valence-corrected chi connectivity index (χ2v) is 20.2. The van der Waals surface area contributed by atoms with Crippen LogP contribution < -0.4 is 0 Å². The SMILES string of the molecule is CC/C=C\C/C=C\C/C=C\C/C=C\CCCCCCCCC(=O)OCC(COC1OC(C(=O)O)C(O)C(O)C1OC(=O)CCCCC/C=C\C/C=C\C/C=C\CC)OC(=O)CCCCCCCCC/C=C\C/C=C\C/C=C\CC. The number of unbranched alkanes of at least 4 members (excludes halogenated alkanes) is 16. The molecule has 1 heterocycles. The molecule has 0 bridgehead atoms. The summed E-state index contributed by atoms with van der Waals surface area (Å²) in [6.07, 6.45) is 61.6. The van der Waals surface area contributed by atoms with Crippen LogP contribution in [0.25, 0.3) is 0 Å². The molecule has 1 rings (SSSR count). The Morgan fingerprint density at radius 2 is 0.759 bits per heavy atom. The first-order valence-electron chi connectivity index (χ1n) is 30.5. The lowest BCUT2D eigenvalue weighted by Gasteiger charge is -2.40. The summed E-state index contributed by atoms with van der Waals surface area (Å²) in [6, 6.07) is 0. The Labute approximate surface area is 478 Å². The molecule has 0 aromatic heterocycles. The highest BCUT2D eigenvalue weighted by Gasteiger charge is 2.50. The maximum absolute atomic E-state index is 13.2. The summed E-state index contributed by atoms with van der Waals surface area (Å²) in [5.74, 6) is -3.20. The van der Waals surface area contributed by atoms with Crippen LogP contribution in [0.1, 0.15) is 226 Å². The van der Waals surface area contributed by atoms with Gasteiger partial charge in [0.15, 0.2) is 24.6 Å². The highest BCUT2D eigenvalue weighted by molar-refractivity contribution is 5.74. The minimum absolute atomic E-state index is 0.0166. The molecule has 446 valence electrons. The van der Waals surface area contributed by atoms with E-state index < -0.39 is 67.3 Å². The van der Waals surface area contributed by atoms with Gasteiger partial charge in [-0.3, -0.25) is 14.4 Å². The molecule has 0 saturated carbocycles. The molecule has 3 N–H and O–H groups in total. The van der Waals surface area contributed by atoms with Gasteiger partial charge in [0.25, 0.3) is 0 Å². The van der Waals surface area contributed by atoms with E-state index in [1.54, 1.807) is 0 Å². The summed E-state index contributed by atoms with van der Waals surface area (Å²) in [5, 5.41) is 31.5. The lowest BCUT2D eigenvalue weighted by Crippen LogP contribution is -2.61. The summed E-state index contributed by atoms with van der Waals surface area (Å²) in [4.78, 5) is 51.2. The Hall–Kier alpha value is -4.88. The number of ether oxygens (including phenoxy) is 5. The molecule has 12 heteroatoms. The number of aliphatic hydroxyl groups is 2. The number of hydrogen-bond acceptors (Lipinski definition) is 11. The third-order valence-corrected chi connectivity index (χ3v) is 13.0. The first kappa shape index (κ1) is 72.1. The Morgan fingerprint density at radius 1 is 0.418 bits per heavy atom. The number of aliphatic carboxylic acids is 1. The molecule has 79 heavy (non-hydrogen) atoms. The fraction of sp³-hybridized carbons (Fsp3) is 0.642. The van der Waals surface area contributed by atoms with E-state index in [-0.39, 0.29) is 25.9 Å². The van der Waals surface area contributed by atoms with Gasteiger partial charge in [0.2, 0.25) is 0 Å². The van der Waals surface area contributed by atoms with Crippen molar-refractivity contribution in [1.29, 1.82) is 0 Å². The number of carbonyl (C=O) groups excluding carboxylic acids is 3. The largest absolute Gasteiger partial charge is 0.479 e. The number of esters is 3. The highest BCUT2D eigenvalue weighted by atomic mass is 16.7. The van der Waals surface area contributed by atoms with Crippen LogP contribution in [0.2, 0.25) is 0 Å². The predicted molar refractivity (Wildman–Crippen MR) is 321 cm³/mol. The van der Waals surface area contributed by atoms with Crippen molar-refractivity contribution >= 4 is 23.9 Å². The van der Waals surface area contributed by atoms with E-state index in [4.69, 9.17) is 23.7 Å². The van der Waals surface area contributed by atoms with E-state index in [0.29, 0.717) is 19.3 Å². The summed E-state index contributed by atoms with van der Waals surface area (Å²) in [7, 11) is 0. The molecular weight excluding hydrogens is 997 g/mol. The molecule has 1 fully saturated rings. The monoisotopic (exact) mass is 1100 g/mol. The van der Waals surface area contributed by atoms with E-state index in [2.05, 4.69) is 142 Å². The van der Waals surface area contributed by atoms with Crippen LogP contribution in [0.3, 0.4) is 0 Å². The Bertz CT molecular complexity index is 1840. The highest BCUT2D eigenvalue weighted by Crippen LogP contribution is 2.26. The molecule has 6 unspecified atom stereocenters. The third-order valence-electron chi connectivity index (χ3n) is 13.0. The number of carboxylic acids is 1. The Kier molecular flexibility index (Phi) is 49.1. The summed E-state index contributed by atoms with van der Waals surface area (Å²) < 4.78 is 28.4. The van der Waals surface area contributed by atoms with Crippen molar-refractivity contribution in [3.8, 4) is 0 Å². The van der Waals surface area contributed by atoms with Crippen molar-refractivity contribution in [3.05, 3.63) is 122 Å². The number of carboxylic acid groups (broad SMARTS) is 1. The zero-order valence-corrected chi connectivity index (χ0v) is 49.1. The number of carbonyl (C=O) groups is 4. The molecule has 0 aromatic carbocycles. The van der Waals surface area contributed by atoms with Crippen LogP contribution in [0.5, 0.6) is 0 Å². The van der Waals surface area contributed by atoms with E-state index in [1.165, 1.54) is 0 Å². The lowest BCUT2D eigenvalue weighted by atomic mass is 9.98. The quantitative estimate of drug-likeness (QED) is 0.0228. The minimum atomic E-state index is -1.92. The smallest absolute Gasteiger partial charge is 0.335 e. The Morgan fingerprint density at radius 3 is 1.16 bits per heavy atom. The van der Waals surface area contributed by atoms with Crippen molar-refractivity contribution < 1.29 is 58.2 Å². The maximum Gasteiger partial charge on any atom is 0.335 e. The molecule has 0 aliphatic carbocycles. The normalized spacial score (nSPS) is 18.7. The van der Waals surface area contributed by atoms with Crippen LogP contribution >= 0.6 is 0 Å². The van der Waals surface area contributed by atoms with Crippen LogP contribution in [-0.4, -0.2) is 89.2 Å². The molecule has 0 radical (unpaired) electrons. The molecule has 0 amide bonds. The van der Waals surface area contributed by atoms with Gasteiger partial charge < -0.3 is 39.0 Å². The Balaban J connectivity index is 2.71. The number of hydrogen-bond donors (Lipinski definition) is 3. The number of aliphatic hydroxyl groups excluding tert-OH is 2. The molecule has 0 aromatic rings. The van der Waals surface area contributed by atoms with E-state index in [1.807, 2.05) is 0 Å².